The van der Waals surface area contributed by atoms with Crippen molar-refractivity contribution in [2.75, 3.05) is 13.2 Å². The van der Waals surface area contributed by atoms with Gasteiger partial charge in [0.25, 0.3) is 0 Å². The smallest absolute Gasteiger partial charge is 0.317 e. The van der Waals surface area contributed by atoms with Crippen molar-refractivity contribution in [2.45, 2.75) is 58.2 Å². The van der Waals surface area contributed by atoms with Crippen molar-refractivity contribution in [3.63, 3.8) is 0 Å². The van der Waals surface area contributed by atoms with E-state index in [-0.39, 0.29) is 6.03 Å². The highest BCUT2D eigenvalue weighted by Gasteiger charge is 2.26. The minimum Gasteiger partial charge on any atom is -0.493 e. The zero-order valence-corrected chi connectivity index (χ0v) is 16.0. The molecular weight excluding hydrogens is 340 g/mol. The molecule has 1 aromatic heterocycles. The Morgan fingerprint density at radius 2 is 2.30 bits per heavy atom. The lowest BCUT2D eigenvalue weighted by molar-refractivity contribution is 0.143. The van der Waals surface area contributed by atoms with Crippen molar-refractivity contribution in [3.05, 3.63) is 47.5 Å². The first-order chi connectivity index (χ1) is 13.2. The van der Waals surface area contributed by atoms with Crippen molar-refractivity contribution in [1.82, 2.24) is 19.8 Å². The molecule has 0 unspecified atom stereocenters. The molecule has 4 rings (SSSR count). The van der Waals surface area contributed by atoms with E-state index < -0.39 is 0 Å². The fourth-order valence-corrected chi connectivity index (χ4v) is 4.13. The first kappa shape index (κ1) is 17.9. The number of amides is 2. The Morgan fingerprint density at radius 3 is 3.15 bits per heavy atom. The molecule has 1 N–H and O–H groups in total. The maximum absolute atomic E-state index is 12.8. The molecule has 1 fully saturated rings. The van der Waals surface area contributed by atoms with Crippen molar-refractivity contribution < 1.29 is 9.53 Å². The number of imidazole rings is 1. The topological polar surface area (TPSA) is 59.4 Å². The summed E-state index contributed by atoms with van der Waals surface area (Å²) in [5.41, 5.74) is 2.38. The van der Waals surface area contributed by atoms with Crippen LogP contribution in [0, 0.1) is 6.92 Å². The van der Waals surface area contributed by atoms with Gasteiger partial charge in [-0.3, -0.25) is 0 Å². The standard InChI is InChI=1S/C21H28N4O2/c1-16-22-9-12-24(16)11-7-19-4-2-3-10-25(19)21(26)23-15-17-5-6-20-18(14-17)8-13-27-20/h5-6,9,12,14,19H,2-4,7-8,10-11,13,15H2,1H3,(H,23,26)/t19-/m1/s1. The van der Waals surface area contributed by atoms with Gasteiger partial charge in [0, 0.05) is 44.5 Å². The molecule has 27 heavy (non-hydrogen) atoms. The Labute approximate surface area is 160 Å². The van der Waals surface area contributed by atoms with E-state index in [9.17, 15) is 4.79 Å². The number of nitrogens with zero attached hydrogens (tertiary/aromatic N) is 3. The van der Waals surface area contributed by atoms with Crippen molar-refractivity contribution in [2.24, 2.45) is 0 Å². The number of aromatic nitrogens is 2. The Hall–Kier alpha value is -2.50. The molecule has 3 heterocycles. The van der Waals surface area contributed by atoms with Gasteiger partial charge >= 0.3 is 6.03 Å². The number of aryl methyl sites for hydroxylation is 2. The van der Waals surface area contributed by atoms with Crippen LogP contribution in [0.2, 0.25) is 0 Å². The number of benzene rings is 1. The SMILES string of the molecule is Cc1nccn1CC[C@H]1CCCCN1C(=O)NCc1ccc2c(c1)CCO2. The molecule has 0 aliphatic carbocycles. The molecule has 1 atom stereocenters. The van der Waals surface area contributed by atoms with Gasteiger partial charge in [0.05, 0.1) is 6.61 Å². The Morgan fingerprint density at radius 1 is 1.37 bits per heavy atom. The molecule has 2 aliphatic heterocycles. The minimum atomic E-state index is 0.0544. The van der Waals surface area contributed by atoms with Crippen LogP contribution in [0.15, 0.2) is 30.6 Å². The predicted molar refractivity (Wildman–Crippen MR) is 104 cm³/mol. The van der Waals surface area contributed by atoms with Crippen LogP contribution in [0.3, 0.4) is 0 Å². The van der Waals surface area contributed by atoms with Gasteiger partial charge < -0.3 is 19.5 Å². The quantitative estimate of drug-likeness (QED) is 0.881. The largest absolute Gasteiger partial charge is 0.493 e. The lowest BCUT2D eigenvalue weighted by Gasteiger charge is -2.36. The van der Waals surface area contributed by atoms with Gasteiger partial charge in [-0.15, -0.1) is 0 Å². The normalized spacial score (nSPS) is 18.9. The minimum absolute atomic E-state index is 0.0544. The molecule has 0 spiro atoms. The second-order valence-corrected chi connectivity index (χ2v) is 7.50. The van der Waals surface area contributed by atoms with Crippen LogP contribution in [0.1, 0.15) is 42.6 Å². The van der Waals surface area contributed by atoms with Gasteiger partial charge in [-0.1, -0.05) is 12.1 Å². The highest BCUT2D eigenvalue weighted by atomic mass is 16.5. The summed E-state index contributed by atoms with van der Waals surface area (Å²) in [4.78, 5) is 19.1. The predicted octanol–water partition coefficient (Wildman–Crippen LogP) is 3.28. The number of piperidine rings is 1. The molecular formula is C21H28N4O2. The highest BCUT2D eigenvalue weighted by Crippen LogP contribution is 2.26. The molecule has 0 bridgehead atoms. The summed E-state index contributed by atoms with van der Waals surface area (Å²) in [7, 11) is 0. The van der Waals surface area contributed by atoms with E-state index in [0.717, 1.165) is 62.5 Å². The highest BCUT2D eigenvalue weighted by molar-refractivity contribution is 5.74. The number of ether oxygens (including phenoxy) is 1. The van der Waals surface area contributed by atoms with Crippen LogP contribution in [0.4, 0.5) is 4.79 Å². The van der Waals surface area contributed by atoms with E-state index in [2.05, 4.69) is 20.9 Å². The summed E-state index contributed by atoms with van der Waals surface area (Å²) in [5, 5.41) is 3.12. The van der Waals surface area contributed by atoms with Crippen LogP contribution in [-0.4, -0.2) is 39.7 Å². The van der Waals surface area contributed by atoms with Crippen molar-refractivity contribution >= 4 is 6.03 Å². The zero-order valence-electron chi connectivity index (χ0n) is 16.0. The molecule has 1 saturated heterocycles. The van der Waals surface area contributed by atoms with Gasteiger partial charge in [0.15, 0.2) is 0 Å². The Kier molecular flexibility index (Phi) is 5.32. The number of carbonyl (C=O) groups excluding carboxylic acids is 1. The summed E-state index contributed by atoms with van der Waals surface area (Å²) < 4.78 is 7.72. The van der Waals surface area contributed by atoms with Crippen LogP contribution >= 0.6 is 0 Å². The summed E-state index contributed by atoms with van der Waals surface area (Å²) >= 11 is 0. The first-order valence-corrected chi connectivity index (χ1v) is 9.97. The molecule has 2 amide bonds. The van der Waals surface area contributed by atoms with Crippen LogP contribution < -0.4 is 10.1 Å². The van der Waals surface area contributed by atoms with Crippen LogP contribution in [0.5, 0.6) is 5.75 Å². The fourth-order valence-electron chi connectivity index (χ4n) is 4.13. The van der Waals surface area contributed by atoms with Gasteiger partial charge in [-0.2, -0.15) is 0 Å². The van der Waals surface area contributed by atoms with Gasteiger partial charge in [-0.25, -0.2) is 9.78 Å². The monoisotopic (exact) mass is 368 g/mol. The molecule has 2 aliphatic rings. The lowest BCUT2D eigenvalue weighted by atomic mass is 9.99. The number of urea groups is 1. The van der Waals surface area contributed by atoms with E-state index >= 15 is 0 Å². The molecule has 2 aromatic rings. The van der Waals surface area contributed by atoms with Gasteiger partial charge in [0.1, 0.15) is 11.6 Å². The molecule has 6 heteroatoms. The molecule has 6 nitrogen and oxygen atoms in total. The number of nitrogens with one attached hydrogen (secondary N) is 1. The van der Waals surface area contributed by atoms with Crippen LogP contribution in [-0.2, 0) is 19.5 Å². The third-order valence-electron chi connectivity index (χ3n) is 5.71. The number of rotatable bonds is 5. The number of hydrogen-bond acceptors (Lipinski definition) is 3. The molecule has 144 valence electrons. The molecule has 1 aromatic carbocycles. The van der Waals surface area contributed by atoms with E-state index in [0.29, 0.717) is 12.6 Å². The maximum atomic E-state index is 12.8. The second kappa shape index (κ2) is 8.03. The van der Waals surface area contributed by atoms with Crippen molar-refractivity contribution in [3.8, 4) is 5.75 Å². The van der Waals surface area contributed by atoms with Crippen LogP contribution in [0.25, 0.3) is 0 Å². The second-order valence-electron chi connectivity index (χ2n) is 7.50. The van der Waals surface area contributed by atoms with Crippen molar-refractivity contribution in [1.29, 1.82) is 0 Å². The van der Waals surface area contributed by atoms with E-state index in [1.165, 1.54) is 12.0 Å². The average Bonchev–Trinajstić information content (AvgIpc) is 3.32. The van der Waals surface area contributed by atoms with Gasteiger partial charge in [-0.05, 0) is 49.8 Å². The Bertz CT molecular complexity index is 801. The summed E-state index contributed by atoms with van der Waals surface area (Å²) in [6, 6.07) is 6.56. The van der Waals surface area contributed by atoms with Gasteiger partial charge in [0.2, 0.25) is 0 Å². The Balaban J connectivity index is 1.33. The fraction of sp³-hybridized carbons (Fsp3) is 0.524. The van der Waals surface area contributed by atoms with E-state index in [1.807, 2.05) is 36.4 Å². The lowest BCUT2D eigenvalue weighted by Crippen LogP contribution is -2.48. The zero-order chi connectivity index (χ0) is 18.6. The van der Waals surface area contributed by atoms with E-state index in [1.54, 1.807) is 0 Å². The number of likely N-dealkylation sites (tertiary alicyclic amines) is 1. The summed E-state index contributed by atoms with van der Waals surface area (Å²) in [5.74, 6) is 2.01. The first-order valence-electron chi connectivity index (χ1n) is 9.97. The third kappa shape index (κ3) is 4.10. The maximum Gasteiger partial charge on any atom is 0.317 e. The number of carbonyl (C=O) groups is 1. The summed E-state index contributed by atoms with van der Waals surface area (Å²) in [6.07, 6.45) is 9.14. The number of hydrogen-bond donors (Lipinski definition) is 1. The third-order valence-corrected chi connectivity index (χ3v) is 5.71. The summed E-state index contributed by atoms with van der Waals surface area (Å²) in [6.45, 7) is 5.10. The average molecular weight is 368 g/mol. The molecule has 0 radical (unpaired) electrons. The molecule has 0 saturated carbocycles. The number of fused-ring (bicyclic) bond motifs is 1. The van der Waals surface area contributed by atoms with E-state index in [4.69, 9.17) is 4.74 Å².